The van der Waals surface area contributed by atoms with Gasteiger partial charge >= 0.3 is 0 Å². The van der Waals surface area contributed by atoms with Crippen LogP contribution in [0.3, 0.4) is 0 Å². The van der Waals surface area contributed by atoms with Gasteiger partial charge in [-0.05, 0) is 90.3 Å². The van der Waals surface area contributed by atoms with Crippen molar-refractivity contribution in [3.8, 4) is 66.9 Å². The van der Waals surface area contributed by atoms with Crippen LogP contribution >= 0.6 is 11.3 Å². The third-order valence-corrected chi connectivity index (χ3v) is 12.1. The molecule has 2 heterocycles. The number of benzene rings is 9. The number of hydrogen-bond acceptors (Lipinski definition) is 4. The molecule has 11 aromatic rings. The second kappa shape index (κ2) is 13.8. The van der Waals surface area contributed by atoms with Crippen LogP contribution in [0.1, 0.15) is 0 Å². The average Bonchev–Trinajstić information content (AvgIpc) is 3.73. The molecular formula is C53H33N3S. The monoisotopic (exact) mass is 743 g/mol. The van der Waals surface area contributed by atoms with Gasteiger partial charge in [-0.1, -0.05) is 170 Å². The Kier molecular flexibility index (Phi) is 8.01. The lowest BCUT2D eigenvalue weighted by Crippen LogP contribution is -2.01. The summed E-state index contributed by atoms with van der Waals surface area (Å²) >= 11 is 1.79. The van der Waals surface area contributed by atoms with E-state index in [9.17, 15) is 0 Å². The van der Waals surface area contributed by atoms with E-state index in [0.29, 0.717) is 17.5 Å². The molecule has 3 nitrogen and oxygen atoms in total. The number of thiophene rings is 1. The van der Waals surface area contributed by atoms with Crippen molar-refractivity contribution >= 4 is 53.7 Å². The molecule has 0 saturated carbocycles. The first-order valence-corrected chi connectivity index (χ1v) is 20.0. The smallest absolute Gasteiger partial charge is 0.164 e. The lowest BCUT2D eigenvalue weighted by molar-refractivity contribution is 1.07. The minimum Gasteiger partial charge on any atom is -0.208 e. The van der Waals surface area contributed by atoms with E-state index in [4.69, 9.17) is 15.0 Å². The first-order chi connectivity index (χ1) is 28.2. The molecule has 0 unspecified atom stereocenters. The first-order valence-electron chi connectivity index (χ1n) is 19.2. The molecule has 0 aliphatic carbocycles. The van der Waals surface area contributed by atoms with E-state index in [0.717, 1.165) is 33.4 Å². The fourth-order valence-electron chi connectivity index (χ4n) is 8.17. The highest BCUT2D eigenvalue weighted by molar-refractivity contribution is 7.22. The van der Waals surface area contributed by atoms with E-state index in [1.807, 2.05) is 18.2 Å². The molecule has 11 rings (SSSR count). The quantitative estimate of drug-likeness (QED) is 0.126. The van der Waals surface area contributed by atoms with Crippen molar-refractivity contribution in [1.29, 1.82) is 0 Å². The van der Waals surface area contributed by atoms with E-state index in [-0.39, 0.29) is 0 Å². The Hall–Kier alpha value is -7.27. The van der Waals surface area contributed by atoms with Crippen molar-refractivity contribution in [2.45, 2.75) is 0 Å². The molecule has 4 heteroatoms. The number of nitrogens with zero attached hydrogens (tertiary/aromatic N) is 3. The van der Waals surface area contributed by atoms with Crippen LogP contribution in [0.15, 0.2) is 200 Å². The van der Waals surface area contributed by atoms with Gasteiger partial charge in [-0.15, -0.1) is 11.3 Å². The van der Waals surface area contributed by atoms with Crippen LogP contribution in [0, 0.1) is 0 Å². The summed E-state index contributed by atoms with van der Waals surface area (Å²) in [5.41, 5.74) is 8.61. The highest BCUT2D eigenvalue weighted by Crippen LogP contribution is 2.42. The second-order valence-corrected chi connectivity index (χ2v) is 15.5. The third kappa shape index (κ3) is 5.95. The molecule has 2 aromatic heterocycles. The maximum atomic E-state index is 5.21. The topological polar surface area (TPSA) is 38.7 Å². The zero-order valence-electron chi connectivity index (χ0n) is 30.8. The van der Waals surface area contributed by atoms with Gasteiger partial charge in [-0.2, -0.15) is 0 Å². The van der Waals surface area contributed by atoms with Crippen molar-refractivity contribution in [2.75, 3.05) is 0 Å². The van der Waals surface area contributed by atoms with Crippen LogP contribution in [0.5, 0.6) is 0 Å². The van der Waals surface area contributed by atoms with Crippen LogP contribution in [0.25, 0.3) is 109 Å². The fraction of sp³-hybridized carbons (Fsp3) is 0. The van der Waals surface area contributed by atoms with Crippen molar-refractivity contribution in [3.63, 3.8) is 0 Å². The minimum absolute atomic E-state index is 0.634. The Labute approximate surface area is 334 Å². The predicted molar refractivity (Wildman–Crippen MR) is 240 cm³/mol. The normalized spacial score (nSPS) is 11.5. The number of rotatable bonds is 6. The molecule has 0 saturated heterocycles. The zero-order chi connectivity index (χ0) is 37.7. The van der Waals surface area contributed by atoms with Gasteiger partial charge in [0.15, 0.2) is 17.5 Å². The van der Waals surface area contributed by atoms with Crippen molar-refractivity contribution in [1.82, 2.24) is 15.0 Å². The van der Waals surface area contributed by atoms with Gasteiger partial charge in [0.25, 0.3) is 0 Å². The van der Waals surface area contributed by atoms with E-state index >= 15 is 0 Å². The third-order valence-electron chi connectivity index (χ3n) is 10.9. The zero-order valence-corrected chi connectivity index (χ0v) is 31.6. The lowest BCUT2D eigenvalue weighted by Gasteiger charge is -2.15. The molecular weight excluding hydrogens is 711 g/mol. The standard InChI is InChI=1S/C53H33N3S/c1-2-15-35(16-3-1)51-54-52(56-53(55-51)46-26-10-9-25-44(46)49-33-39-18-6-11-27-48(39)57-49)41-22-13-20-37(31-41)36-19-12-21-40(30-36)50-43-24-8-5-17-38(43)32-47-42-23-7-4-14-34(42)28-29-45(47)50/h1-33H. The molecule has 9 aromatic carbocycles. The summed E-state index contributed by atoms with van der Waals surface area (Å²) in [6, 6.07) is 71.2. The second-order valence-electron chi connectivity index (χ2n) is 14.4. The first kappa shape index (κ1) is 33.1. The van der Waals surface area contributed by atoms with Gasteiger partial charge in [-0.25, -0.2) is 15.0 Å². The summed E-state index contributed by atoms with van der Waals surface area (Å²) in [6.07, 6.45) is 0. The van der Waals surface area contributed by atoms with Crippen LogP contribution in [0.2, 0.25) is 0 Å². The Morgan fingerprint density at radius 1 is 0.298 bits per heavy atom. The summed E-state index contributed by atoms with van der Waals surface area (Å²) in [4.78, 5) is 16.6. The molecule has 0 atom stereocenters. The SMILES string of the molecule is c1ccc(-c2nc(-c3cccc(-c4cccc(-c5c6ccccc6cc6c5ccc5ccccc56)c4)c3)nc(-c3ccccc3-c3cc4ccccc4s3)n2)cc1. The Morgan fingerprint density at radius 3 is 1.68 bits per heavy atom. The largest absolute Gasteiger partial charge is 0.208 e. The Balaban J connectivity index is 1.05. The molecule has 266 valence electrons. The van der Waals surface area contributed by atoms with Crippen LogP contribution in [-0.2, 0) is 0 Å². The van der Waals surface area contributed by atoms with E-state index in [1.165, 1.54) is 58.4 Å². The maximum absolute atomic E-state index is 5.21. The van der Waals surface area contributed by atoms with E-state index < -0.39 is 0 Å². The number of aromatic nitrogens is 3. The highest BCUT2D eigenvalue weighted by Gasteiger charge is 2.18. The van der Waals surface area contributed by atoms with E-state index in [1.54, 1.807) is 11.3 Å². The van der Waals surface area contributed by atoms with Gasteiger partial charge in [0.1, 0.15) is 0 Å². The molecule has 0 radical (unpaired) electrons. The Morgan fingerprint density at radius 2 is 0.877 bits per heavy atom. The van der Waals surface area contributed by atoms with Crippen molar-refractivity contribution in [3.05, 3.63) is 200 Å². The molecule has 0 fully saturated rings. The molecule has 0 amide bonds. The average molecular weight is 744 g/mol. The van der Waals surface area contributed by atoms with Gasteiger partial charge < -0.3 is 0 Å². The molecule has 0 aliphatic heterocycles. The maximum Gasteiger partial charge on any atom is 0.164 e. The predicted octanol–water partition coefficient (Wildman–Crippen LogP) is 14.5. The fourth-order valence-corrected chi connectivity index (χ4v) is 9.27. The van der Waals surface area contributed by atoms with Gasteiger partial charge in [0.2, 0.25) is 0 Å². The summed E-state index contributed by atoms with van der Waals surface area (Å²) in [5.74, 6) is 1.93. The van der Waals surface area contributed by atoms with E-state index in [2.05, 4.69) is 182 Å². The minimum atomic E-state index is 0.634. The number of fused-ring (bicyclic) bond motifs is 5. The molecule has 0 aliphatic rings. The van der Waals surface area contributed by atoms with Gasteiger partial charge in [0, 0.05) is 31.8 Å². The Bertz CT molecular complexity index is 3280. The van der Waals surface area contributed by atoms with Crippen LogP contribution in [-0.4, -0.2) is 15.0 Å². The number of hydrogen-bond donors (Lipinski definition) is 0. The molecule has 0 bridgehead atoms. The summed E-state index contributed by atoms with van der Waals surface area (Å²) in [5, 5.41) is 8.74. The summed E-state index contributed by atoms with van der Waals surface area (Å²) in [6.45, 7) is 0. The van der Waals surface area contributed by atoms with Crippen molar-refractivity contribution in [2.24, 2.45) is 0 Å². The molecule has 0 spiro atoms. The molecule has 57 heavy (non-hydrogen) atoms. The van der Waals surface area contributed by atoms with Crippen LogP contribution < -0.4 is 0 Å². The van der Waals surface area contributed by atoms with Gasteiger partial charge in [0.05, 0.1) is 0 Å². The van der Waals surface area contributed by atoms with Gasteiger partial charge in [-0.3, -0.25) is 0 Å². The van der Waals surface area contributed by atoms with Crippen molar-refractivity contribution < 1.29 is 0 Å². The summed E-state index contributed by atoms with van der Waals surface area (Å²) in [7, 11) is 0. The lowest BCUT2D eigenvalue weighted by atomic mass is 9.89. The highest BCUT2D eigenvalue weighted by atomic mass is 32.1. The summed E-state index contributed by atoms with van der Waals surface area (Å²) < 4.78 is 1.26. The van der Waals surface area contributed by atoms with Crippen LogP contribution in [0.4, 0.5) is 0 Å². The molecule has 0 N–H and O–H groups in total.